The van der Waals surface area contributed by atoms with Gasteiger partial charge >= 0.3 is 0 Å². The maximum Gasteiger partial charge on any atom is 0.128 e. The van der Waals surface area contributed by atoms with Gasteiger partial charge in [0.05, 0.1) is 6.04 Å². The molecule has 1 atom stereocenters. The number of nitrogens with zero attached hydrogens (tertiary/aromatic N) is 1. The van der Waals surface area contributed by atoms with E-state index in [-0.39, 0.29) is 17.4 Å². The number of benzene rings is 1. The van der Waals surface area contributed by atoms with Crippen LogP contribution in [0.2, 0.25) is 0 Å². The molecule has 1 aromatic rings. The fourth-order valence-electron chi connectivity index (χ4n) is 2.90. The number of rotatable bonds is 7. The number of hydrogen-bond donors (Lipinski definition) is 1. The van der Waals surface area contributed by atoms with Crippen LogP contribution < -0.4 is 5.32 Å². The lowest BCUT2D eigenvalue weighted by molar-refractivity contribution is 0.0903. The van der Waals surface area contributed by atoms with Crippen molar-refractivity contribution in [3.05, 3.63) is 34.1 Å². The fraction of sp³-hybridized carbons (Fsp3) is 0.625. The zero-order chi connectivity index (χ0) is 15.3. The molecule has 0 radical (unpaired) electrons. The molecule has 114 valence electrons. The van der Waals surface area contributed by atoms with Crippen LogP contribution in [-0.2, 0) is 0 Å². The van der Waals surface area contributed by atoms with E-state index in [1.54, 1.807) is 6.07 Å². The molecule has 0 bridgehead atoms. The number of hydrogen-bond acceptors (Lipinski definition) is 2. The van der Waals surface area contributed by atoms with Crippen LogP contribution in [0.15, 0.2) is 22.7 Å². The highest BCUT2D eigenvalue weighted by Crippen LogP contribution is 2.33. The predicted molar refractivity (Wildman–Crippen MR) is 87.5 cm³/mol. The first-order chi connectivity index (χ1) is 9.38. The van der Waals surface area contributed by atoms with Crippen molar-refractivity contribution in [1.82, 2.24) is 10.2 Å². The molecule has 20 heavy (non-hydrogen) atoms. The summed E-state index contributed by atoms with van der Waals surface area (Å²) < 4.78 is 15.2. The first-order valence-electron chi connectivity index (χ1n) is 7.31. The lowest BCUT2D eigenvalue weighted by Gasteiger charge is -2.44. The molecule has 0 aromatic heterocycles. The molecule has 1 N–H and O–H groups in total. The summed E-state index contributed by atoms with van der Waals surface area (Å²) >= 11 is 3.45. The number of likely N-dealkylation sites (N-methyl/N-ethyl adjacent to an activating group) is 2. The Balaban J connectivity index is 3.25. The second-order valence-electron chi connectivity index (χ2n) is 5.48. The average Bonchev–Trinajstić information content (AvgIpc) is 2.40. The molecule has 0 aliphatic heterocycles. The largest absolute Gasteiger partial charge is 0.309 e. The Labute approximate surface area is 130 Å². The number of nitrogens with one attached hydrogen (secondary N) is 1. The Kier molecular flexibility index (Phi) is 6.62. The van der Waals surface area contributed by atoms with Gasteiger partial charge in [-0.3, -0.25) is 4.90 Å². The second kappa shape index (κ2) is 7.53. The van der Waals surface area contributed by atoms with E-state index in [0.29, 0.717) is 0 Å². The van der Waals surface area contributed by atoms with Gasteiger partial charge < -0.3 is 5.32 Å². The summed E-state index contributed by atoms with van der Waals surface area (Å²) in [6.45, 7) is 13.4. The summed E-state index contributed by atoms with van der Waals surface area (Å²) in [5, 5.41) is 3.45. The summed E-state index contributed by atoms with van der Waals surface area (Å²) in [5.74, 6) is -0.153. The third kappa shape index (κ3) is 3.80. The Morgan fingerprint density at radius 2 is 1.85 bits per heavy atom. The lowest BCUT2D eigenvalue weighted by atomic mass is 9.86. The minimum atomic E-state index is -0.166. The molecule has 4 heteroatoms. The SMILES string of the molecule is CCNC(c1cc(Br)ccc1F)C(C)(C)N(CC)CC. The van der Waals surface area contributed by atoms with E-state index in [1.165, 1.54) is 6.07 Å². The molecule has 1 aromatic carbocycles. The van der Waals surface area contributed by atoms with Crippen LogP contribution in [0.3, 0.4) is 0 Å². The first kappa shape index (κ1) is 17.6. The van der Waals surface area contributed by atoms with Gasteiger partial charge in [0.1, 0.15) is 5.82 Å². The van der Waals surface area contributed by atoms with Crippen LogP contribution in [0.4, 0.5) is 4.39 Å². The van der Waals surface area contributed by atoms with E-state index in [9.17, 15) is 4.39 Å². The normalized spacial score (nSPS) is 13.8. The molecular formula is C16H26BrFN2. The molecule has 0 saturated heterocycles. The Bertz CT molecular complexity index is 430. The van der Waals surface area contributed by atoms with Crippen LogP contribution in [0.25, 0.3) is 0 Å². The predicted octanol–water partition coefficient (Wildman–Crippen LogP) is 4.36. The van der Waals surface area contributed by atoms with Gasteiger partial charge in [0.2, 0.25) is 0 Å². The Hall–Kier alpha value is -0.450. The molecule has 0 saturated carbocycles. The van der Waals surface area contributed by atoms with Gasteiger partial charge in [0.15, 0.2) is 0 Å². The van der Waals surface area contributed by atoms with E-state index >= 15 is 0 Å². The monoisotopic (exact) mass is 344 g/mol. The number of halogens is 2. The third-order valence-corrected chi connectivity index (χ3v) is 4.46. The van der Waals surface area contributed by atoms with Crippen molar-refractivity contribution in [2.75, 3.05) is 19.6 Å². The Morgan fingerprint density at radius 3 is 2.35 bits per heavy atom. The van der Waals surface area contributed by atoms with Gasteiger partial charge in [-0.1, -0.05) is 36.7 Å². The molecule has 2 nitrogen and oxygen atoms in total. The van der Waals surface area contributed by atoms with Crippen molar-refractivity contribution in [2.24, 2.45) is 0 Å². The van der Waals surface area contributed by atoms with Crippen molar-refractivity contribution in [1.29, 1.82) is 0 Å². The van der Waals surface area contributed by atoms with Crippen LogP contribution in [0.1, 0.15) is 46.2 Å². The minimum absolute atomic E-state index is 0.0510. The summed E-state index contributed by atoms with van der Waals surface area (Å²) in [6, 6.07) is 5.10. The lowest BCUT2D eigenvalue weighted by Crippen LogP contribution is -2.52. The fourth-order valence-corrected chi connectivity index (χ4v) is 3.28. The zero-order valence-electron chi connectivity index (χ0n) is 13.1. The molecule has 0 spiro atoms. The highest BCUT2D eigenvalue weighted by Gasteiger charge is 2.36. The van der Waals surface area contributed by atoms with Crippen molar-refractivity contribution >= 4 is 15.9 Å². The topological polar surface area (TPSA) is 15.3 Å². The summed E-state index contributed by atoms with van der Waals surface area (Å²) in [7, 11) is 0. The van der Waals surface area contributed by atoms with E-state index in [1.807, 2.05) is 6.07 Å². The molecule has 1 unspecified atom stereocenters. The maximum absolute atomic E-state index is 14.3. The average molecular weight is 345 g/mol. The molecule has 0 heterocycles. The van der Waals surface area contributed by atoms with Gasteiger partial charge in [0.25, 0.3) is 0 Å². The van der Waals surface area contributed by atoms with Crippen LogP contribution in [0.5, 0.6) is 0 Å². The first-order valence-corrected chi connectivity index (χ1v) is 8.11. The van der Waals surface area contributed by atoms with Crippen LogP contribution in [0, 0.1) is 5.82 Å². The highest BCUT2D eigenvalue weighted by atomic mass is 79.9. The zero-order valence-corrected chi connectivity index (χ0v) is 14.7. The van der Waals surface area contributed by atoms with Crippen molar-refractivity contribution < 1.29 is 4.39 Å². The molecule has 0 aliphatic carbocycles. The molecular weight excluding hydrogens is 319 g/mol. The van der Waals surface area contributed by atoms with Crippen molar-refractivity contribution in [3.63, 3.8) is 0 Å². The maximum atomic E-state index is 14.3. The third-order valence-electron chi connectivity index (χ3n) is 3.96. The highest BCUT2D eigenvalue weighted by molar-refractivity contribution is 9.10. The van der Waals surface area contributed by atoms with Crippen LogP contribution >= 0.6 is 15.9 Å². The van der Waals surface area contributed by atoms with Crippen LogP contribution in [-0.4, -0.2) is 30.1 Å². The molecule has 0 amide bonds. The van der Waals surface area contributed by atoms with Gasteiger partial charge in [-0.25, -0.2) is 4.39 Å². The van der Waals surface area contributed by atoms with Gasteiger partial charge in [-0.2, -0.15) is 0 Å². The van der Waals surface area contributed by atoms with E-state index < -0.39 is 0 Å². The molecule has 0 fully saturated rings. The van der Waals surface area contributed by atoms with Crippen molar-refractivity contribution in [2.45, 2.75) is 46.2 Å². The summed E-state index contributed by atoms with van der Waals surface area (Å²) in [6.07, 6.45) is 0. The van der Waals surface area contributed by atoms with E-state index in [0.717, 1.165) is 29.7 Å². The molecule has 1 rings (SSSR count). The van der Waals surface area contributed by atoms with Gasteiger partial charge in [-0.15, -0.1) is 0 Å². The quantitative estimate of drug-likeness (QED) is 0.790. The molecule has 0 aliphatic rings. The van der Waals surface area contributed by atoms with Crippen molar-refractivity contribution in [3.8, 4) is 0 Å². The minimum Gasteiger partial charge on any atom is -0.309 e. The van der Waals surface area contributed by atoms with Gasteiger partial charge in [-0.05, 0) is 51.7 Å². The van der Waals surface area contributed by atoms with E-state index in [2.05, 4.69) is 60.8 Å². The second-order valence-corrected chi connectivity index (χ2v) is 6.40. The summed E-state index contributed by atoms with van der Waals surface area (Å²) in [5.41, 5.74) is 0.555. The van der Waals surface area contributed by atoms with E-state index in [4.69, 9.17) is 0 Å². The van der Waals surface area contributed by atoms with Gasteiger partial charge in [0, 0.05) is 15.6 Å². The Morgan fingerprint density at radius 1 is 1.25 bits per heavy atom. The smallest absolute Gasteiger partial charge is 0.128 e. The standard InChI is InChI=1S/C16H26BrFN2/c1-6-19-15(16(4,5)20(7-2)8-3)13-11-12(17)9-10-14(13)18/h9-11,15,19H,6-8H2,1-5H3. The summed E-state index contributed by atoms with van der Waals surface area (Å²) in [4.78, 5) is 2.36.